The molecule has 0 heterocycles. The summed E-state index contributed by atoms with van der Waals surface area (Å²) < 4.78 is 43.5. The van der Waals surface area contributed by atoms with Crippen LogP contribution in [0.3, 0.4) is 0 Å². The minimum Gasteiger partial charge on any atom is -0.429 e. The Balaban J connectivity index is 2.86. The first-order valence-corrected chi connectivity index (χ1v) is 6.53. The standard InChI is InChI=1S/C15H21BF3O/c1-10-9-11(15(17,18)19)7-8-12(10)16-20-14(5,6)13(2,3)4/h7-9H,1-6H3. The van der Waals surface area contributed by atoms with Gasteiger partial charge in [0.2, 0.25) is 0 Å². The van der Waals surface area contributed by atoms with E-state index in [1.54, 1.807) is 14.4 Å². The second-order valence-electron chi connectivity index (χ2n) is 6.57. The number of hydrogen-bond acceptors (Lipinski definition) is 1. The monoisotopic (exact) mass is 285 g/mol. The lowest BCUT2D eigenvalue weighted by Crippen LogP contribution is -2.43. The van der Waals surface area contributed by atoms with E-state index >= 15 is 0 Å². The Bertz CT molecular complexity index is 473. The van der Waals surface area contributed by atoms with Crippen LogP contribution in [0.1, 0.15) is 45.7 Å². The van der Waals surface area contributed by atoms with Crippen molar-refractivity contribution in [2.75, 3.05) is 0 Å². The van der Waals surface area contributed by atoms with Crippen molar-refractivity contribution in [3.63, 3.8) is 0 Å². The molecule has 0 fully saturated rings. The van der Waals surface area contributed by atoms with Crippen LogP contribution in [0, 0.1) is 12.3 Å². The number of benzene rings is 1. The summed E-state index contributed by atoms with van der Waals surface area (Å²) >= 11 is 0. The molecule has 20 heavy (non-hydrogen) atoms. The summed E-state index contributed by atoms with van der Waals surface area (Å²) in [7, 11) is 1.54. The molecule has 111 valence electrons. The molecule has 0 saturated carbocycles. The fourth-order valence-corrected chi connectivity index (χ4v) is 1.37. The molecular weight excluding hydrogens is 264 g/mol. The molecule has 0 aliphatic heterocycles. The van der Waals surface area contributed by atoms with Gasteiger partial charge in [0, 0.05) is 0 Å². The Morgan fingerprint density at radius 1 is 1.00 bits per heavy atom. The molecule has 0 saturated heterocycles. The van der Waals surface area contributed by atoms with Crippen LogP contribution in [0.4, 0.5) is 13.2 Å². The Labute approximate surface area is 119 Å². The van der Waals surface area contributed by atoms with Crippen molar-refractivity contribution in [2.24, 2.45) is 5.41 Å². The van der Waals surface area contributed by atoms with Gasteiger partial charge >= 0.3 is 13.7 Å². The van der Waals surface area contributed by atoms with Crippen molar-refractivity contribution in [1.29, 1.82) is 0 Å². The van der Waals surface area contributed by atoms with E-state index < -0.39 is 17.3 Å². The summed E-state index contributed by atoms with van der Waals surface area (Å²) in [6, 6.07) is 3.66. The van der Waals surface area contributed by atoms with E-state index in [4.69, 9.17) is 4.65 Å². The van der Waals surface area contributed by atoms with Gasteiger partial charge in [0.05, 0.1) is 11.2 Å². The SMILES string of the molecule is Cc1cc(C(F)(F)F)ccc1[B]OC(C)(C)C(C)(C)C. The van der Waals surface area contributed by atoms with Crippen molar-refractivity contribution in [3.05, 3.63) is 29.3 Å². The average molecular weight is 285 g/mol. The van der Waals surface area contributed by atoms with Gasteiger partial charge in [0.1, 0.15) is 0 Å². The number of rotatable bonds is 3. The predicted octanol–water partition coefficient (Wildman–Crippen LogP) is 4.10. The van der Waals surface area contributed by atoms with Crippen LogP contribution in [0.15, 0.2) is 18.2 Å². The zero-order valence-corrected chi connectivity index (χ0v) is 12.9. The molecular formula is C15H21BF3O. The molecule has 5 heteroatoms. The van der Waals surface area contributed by atoms with Crippen molar-refractivity contribution in [3.8, 4) is 0 Å². The maximum atomic E-state index is 12.6. The van der Waals surface area contributed by atoms with Gasteiger partial charge < -0.3 is 4.65 Å². The number of hydrogen-bond donors (Lipinski definition) is 0. The number of aryl methyl sites for hydroxylation is 1. The molecule has 0 aliphatic rings. The molecule has 0 aliphatic carbocycles. The molecule has 1 nitrogen and oxygen atoms in total. The summed E-state index contributed by atoms with van der Waals surface area (Å²) in [5.74, 6) is 0. The highest BCUT2D eigenvalue weighted by molar-refractivity contribution is 6.47. The van der Waals surface area contributed by atoms with E-state index in [-0.39, 0.29) is 5.41 Å². The minimum absolute atomic E-state index is 0.0800. The Morgan fingerprint density at radius 2 is 1.55 bits per heavy atom. The van der Waals surface area contributed by atoms with E-state index in [1.807, 2.05) is 13.8 Å². The third-order valence-electron chi connectivity index (χ3n) is 3.88. The van der Waals surface area contributed by atoms with Crippen molar-refractivity contribution < 1.29 is 17.8 Å². The van der Waals surface area contributed by atoms with Gasteiger partial charge in [-0.05, 0) is 32.3 Å². The number of halogens is 3. The molecule has 0 spiro atoms. The van der Waals surface area contributed by atoms with Gasteiger partial charge in [0.15, 0.2) is 0 Å². The Kier molecular flexibility index (Phi) is 4.64. The predicted molar refractivity (Wildman–Crippen MR) is 76.2 cm³/mol. The van der Waals surface area contributed by atoms with E-state index in [9.17, 15) is 13.2 Å². The molecule has 1 radical (unpaired) electrons. The van der Waals surface area contributed by atoms with Gasteiger partial charge in [0.25, 0.3) is 0 Å². The maximum Gasteiger partial charge on any atom is 0.416 e. The minimum atomic E-state index is -4.31. The largest absolute Gasteiger partial charge is 0.429 e. The summed E-state index contributed by atoms with van der Waals surface area (Å²) in [4.78, 5) is 0. The van der Waals surface area contributed by atoms with Gasteiger partial charge in [-0.15, -0.1) is 0 Å². The van der Waals surface area contributed by atoms with Crippen LogP contribution in [0.25, 0.3) is 0 Å². The summed E-state index contributed by atoms with van der Waals surface area (Å²) in [6.07, 6.45) is -4.31. The topological polar surface area (TPSA) is 9.23 Å². The van der Waals surface area contributed by atoms with Crippen molar-refractivity contribution in [1.82, 2.24) is 0 Å². The zero-order valence-electron chi connectivity index (χ0n) is 12.9. The molecule has 0 aromatic heterocycles. The Morgan fingerprint density at radius 3 is 1.95 bits per heavy atom. The summed E-state index contributed by atoms with van der Waals surface area (Å²) in [5.41, 5.74) is 0.0768. The van der Waals surface area contributed by atoms with Crippen LogP contribution in [0.2, 0.25) is 0 Å². The number of alkyl halides is 3. The first-order chi connectivity index (χ1) is 8.84. The molecule has 0 N–H and O–H groups in total. The van der Waals surface area contributed by atoms with Crippen LogP contribution in [-0.4, -0.2) is 13.1 Å². The lowest BCUT2D eigenvalue weighted by atomic mass is 9.75. The molecule has 0 bridgehead atoms. The maximum absolute atomic E-state index is 12.6. The molecule has 0 atom stereocenters. The van der Waals surface area contributed by atoms with Gasteiger partial charge in [-0.3, -0.25) is 0 Å². The smallest absolute Gasteiger partial charge is 0.416 e. The molecule has 0 amide bonds. The molecule has 1 aromatic rings. The second-order valence-corrected chi connectivity index (χ2v) is 6.57. The summed E-state index contributed by atoms with van der Waals surface area (Å²) in [6.45, 7) is 11.7. The van der Waals surface area contributed by atoms with E-state index in [0.717, 1.165) is 12.1 Å². The third-order valence-corrected chi connectivity index (χ3v) is 3.88. The molecule has 1 aromatic carbocycles. The quantitative estimate of drug-likeness (QED) is 0.760. The Hall–Kier alpha value is -0.965. The zero-order chi connectivity index (χ0) is 15.8. The summed E-state index contributed by atoms with van der Waals surface area (Å²) in [5, 5.41) is 0. The molecule has 0 unspecified atom stereocenters. The van der Waals surface area contributed by atoms with E-state index in [2.05, 4.69) is 20.8 Å². The third kappa shape index (κ3) is 4.01. The van der Waals surface area contributed by atoms with Crippen LogP contribution in [0.5, 0.6) is 0 Å². The van der Waals surface area contributed by atoms with Crippen LogP contribution >= 0.6 is 0 Å². The second kappa shape index (κ2) is 5.43. The lowest BCUT2D eigenvalue weighted by molar-refractivity contribution is -0.137. The fourth-order valence-electron chi connectivity index (χ4n) is 1.37. The van der Waals surface area contributed by atoms with Gasteiger partial charge in [-0.25, -0.2) is 0 Å². The van der Waals surface area contributed by atoms with Gasteiger partial charge in [-0.1, -0.05) is 43.9 Å². The fraction of sp³-hybridized carbons (Fsp3) is 0.600. The average Bonchev–Trinajstić information content (AvgIpc) is 2.24. The first-order valence-electron chi connectivity index (χ1n) is 6.53. The van der Waals surface area contributed by atoms with Crippen molar-refractivity contribution in [2.45, 2.75) is 53.3 Å². The van der Waals surface area contributed by atoms with Gasteiger partial charge in [-0.2, -0.15) is 13.2 Å². The van der Waals surface area contributed by atoms with E-state index in [1.165, 1.54) is 6.07 Å². The van der Waals surface area contributed by atoms with Crippen LogP contribution in [-0.2, 0) is 10.8 Å². The van der Waals surface area contributed by atoms with E-state index in [0.29, 0.717) is 11.0 Å². The lowest BCUT2D eigenvalue weighted by Gasteiger charge is -2.39. The highest BCUT2D eigenvalue weighted by Crippen LogP contribution is 2.32. The van der Waals surface area contributed by atoms with Crippen molar-refractivity contribution >= 4 is 12.9 Å². The first kappa shape index (κ1) is 17.1. The molecule has 1 rings (SSSR count). The normalized spacial score (nSPS) is 13.4. The van der Waals surface area contributed by atoms with Crippen LogP contribution < -0.4 is 5.46 Å². The highest BCUT2D eigenvalue weighted by Gasteiger charge is 2.34. The highest BCUT2D eigenvalue weighted by atomic mass is 19.4.